The van der Waals surface area contributed by atoms with Gasteiger partial charge in [0.2, 0.25) is 0 Å². The fourth-order valence-corrected chi connectivity index (χ4v) is 1.26. The summed E-state index contributed by atoms with van der Waals surface area (Å²) < 4.78 is 15.6. The third kappa shape index (κ3) is 4.15. The van der Waals surface area contributed by atoms with E-state index in [2.05, 4.69) is 5.32 Å². The SMILES string of the molecule is CO[C@@H]1CNC[C@@H](C(=O)OC(C)(C)C)O1. The molecule has 1 saturated heterocycles. The van der Waals surface area contributed by atoms with Crippen LogP contribution in [0.3, 0.4) is 0 Å². The normalized spacial score (nSPS) is 27.5. The molecule has 1 fully saturated rings. The molecule has 1 N–H and O–H groups in total. The molecule has 2 atom stereocenters. The van der Waals surface area contributed by atoms with Crippen molar-refractivity contribution in [2.75, 3.05) is 20.2 Å². The first kappa shape index (κ1) is 12.4. The van der Waals surface area contributed by atoms with Gasteiger partial charge in [0.15, 0.2) is 12.4 Å². The van der Waals surface area contributed by atoms with Crippen molar-refractivity contribution in [2.45, 2.75) is 38.8 Å². The summed E-state index contributed by atoms with van der Waals surface area (Å²) in [5, 5.41) is 3.05. The van der Waals surface area contributed by atoms with Crippen LogP contribution in [0.2, 0.25) is 0 Å². The lowest BCUT2D eigenvalue weighted by Gasteiger charge is -2.30. The average Bonchev–Trinajstić information content (AvgIpc) is 2.15. The molecule has 5 heteroatoms. The highest BCUT2D eigenvalue weighted by Gasteiger charge is 2.31. The van der Waals surface area contributed by atoms with E-state index in [0.717, 1.165) is 0 Å². The van der Waals surface area contributed by atoms with Gasteiger partial charge < -0.3 is 19.5 Å². The van der Waals surface area contributed by atoms with Gasteiger partial charge in [-0.3, -0.25) is 0 Å². The number of hydrogen-bond donors (Lipinski definition) is 1. The molecule has 0 amide bonds. The minimum Gasteiger partial charge on any atom is -0.458 e. The largest absolute Gasteiger partial charge is 0.458 e. The Morgan fingerprint density at radius 2 is 2.07 bits per heavy atom. The van der Waals surface area contributed by atoms with E-state index >= 15 is 0 Å². The lowest BCUT2D eigenvalue weighted by atomic mass is 10.2. The quantitative estimate of drug-likeness (QED) is 0.674. The van der Waals surface area contributed by atoms with Crippen LogP contribution in [0.15, 0.2) is 0 Å². The van der Waals surface area contributed by atoms with Gasteiger partial charge in [0.25, 0.3) is 0 Å². The number of rotatable bonds is 2. The molecule has 15 heavy (non-hydrogen) atoms. The number of hydrogen-bond acceptors (Lipinski definition) is 5. The van der Waals surface area contributed by atoms with Crippen LogP contribution in [0.5, 0.6) is 0 Å². The van der Waals surface area contributed by atoms with Crippen LogP contribution < -0.4 is 5.32 Å². The highest BCUT2D eigenvalue weighted by atomic mass is 16.7. The molecule has 5 nitrogen and oxygen atoms in total. The highest BCUT2D eigenvalue weighted by Crippen LogP contribution is 2.12. The molecule has 1 rings (SSSR count). The summed E-state index contributed by atoms with van der Waals surface area (Å²) in [7, 11) is 1.55. The van der Waals surface area contributed by atoms with Gasteiger partial charge in [0.05, 0.1) is 0 Å². The van der Waals surface area contributed by atoms with Gasteiger partial charge in [0.1, 0.15) is 5.60 Å². The van der Waals surface area contributed by atoms with E-state index in [0.29, 0.717) is 13.1 Å². The van der Waals surface area contributed by atoms with Gasteiger partial charge in [-0.2, -0.15) is 0 Å². The molecule has 0 aromatic rings. The van der Waals surface area contributed by atoms with Crippen molar-refractivity contribution in [2.24, 2.45) is 0 Å². The van der Waals surface area contributed by atoms with Gasteiger partial charge in [-0.25, -0.2) is 4.79 Å². The van der Waals surface area contributed by atoms with Crippen molar-refractivity contribution < 1.29 is 19.0 Å². The third-order valence-electron chi connectivity index (χ3n) is 1.89. The van der Waals surface area contributed by atoms with Crippen LogP contribution in [0.1, 0.15) is 20.8 Å². The average molecular weight is 217 g/mol. The van der Waals surface area contributed by atoms with E-state index in [1.165, 1.54) is 0 Å². The van der Waals surface area contributed by atoms with E-state index in [4.69, 9.17) is 14.2 Å². The van der Waals surface area contributed by atoms with Crippen molar-refractivity contribution in [1.29, 1.82) is 0 Å². The summed E-state index contributed by atoms with van der Waals surface area (Å²) in [5.41, 5.74) is -0.486. The fraction of sp³-hybridized carbons (Fsp3) is 0.900. The Kier molecular flexibility index (Phi) is 4.07. The Hall–Kier alpha value is -0.650. The fourth-order valence-electron chi connectivity index (χ4n) is 1.26. The Labute approximate surface area is 90.1 Å². The van der Waals surface area contributed by atoms with Crippen molar-refractivity contribution in [1.82, 2.24) is 5.32 Å². The summed E-state index contributed by atoms with van der Waals surface area (Å²) in [5.74, 6) is -0.350. The lowest BCUT2D eigenvalue weighted by molar-refractivity contribution is -0.201. The summed E-state index contributed by atoms with van der Waals surface area (Å²) in [6, 6.07) is 0. The first-order valence-electron chi connectivity index (χ1n) is 5.04. The number of carbonyl (C=O) groups excluding carboxylic acids is 1. The standard InChI is InChI=1S/C10H19NO4/c1-10(2,3)15-9(12)7-5-11-6-8(13-4)14-7/h7-8,11H,5-6H2,1-4H3/t7-,8-/m0/s1. The van der Waals surface area contributed by atoms with Crippen LogP contribution in [0, 0.1) is 0 Å². The molecule has 0 aromatic carbocycles. The molecule has 0 bridgehead atoms. The highest BCUT2D eigenvalue weighted by molar-refractivity contribution is 5.75. The van der Waals surface area contributed by atoms with Crippen LogP contribution in [-0.4, -0.2) is 44.2 Å². The molecule has 1 aliphatic rings. The second kappa shape index (κ2) is 4.92. The zero-order chi connectivity index (χ0) is 11.5. The van der Waals surface area contributed by atoms with Crippen LogP contribution in [0.4, 0.5) is 0 Å². The van der Waals surface area contributed by atoms with Crippen molar-refractivity contribution in [3.8, 4) is 0 Å². The second-order valence-corrected chi connectivity index (χ2v) is 4.48. The van der Waals surface area contributed by atoms with Gasteiger partial charge in [-0.1, -0.05) is 0 Å². The van der Waals surface area contributed by atoms with Crippen molar-refractivity contribution >= 4 is 5.97 Å². The number of methoxy groups -OCH3 is 1. The van der Waals surface area contributed by atoms with Gasteiger partial charge >= 0.3 is 5.97 Å². The van der Waals surface area contributed by atoms with E-state index in [-0.39, 0.29) is 12.3 Å². The number of morpholine rings is 1. The summed E-state index contributed by atoms with van der Waals surface area (Å²) in [6.07, 6.45) is -0.959. The zero-order valence-corrected chi connectivity index (χ0v) is 9.70. The maximum atomic E-state index is 11.6. The maximum Gasteiger partial charge on any atom is 0.337 e. The van der Waals surface area contributed by atoms with Gasteiger partial charge in [-0.05, 0) is 20.8 Å². The lowest BCUT2D eigenvalue weighted by Crippen LogP contribution is -2.50. The third-order valence-corrected chi connectivity index (χ3v) is 1.89. The minimum atomic E-state index is -0.581. The monoisotopic (exact) mass is 217 g/mol. The molecule has 0 spiro atoms. The molecular formula is C10H19NO4. The smallest absolute Gasteiger partial charge is 0.337 e. The van der Waals surface area contributed by atoms with Crippen molar-refractivity contribution in [3.63, 3.8) is 0 Å². The molecule has 0 aliphatic carbocycles. The Balaban J connectivity index is 2.45. The maximum absolute atomic E-state index is 11.6. The molecule has 0 unspecified atom stereocenters. The zero-order valence-electron chi connectivity index (χ0n) is 9.70. The molecule has 0 aromatic heterocycles. The Morgan fingerprint density at radius 1 is 1.40 bits per heavy atom. The van der Waals surface area contributed by atoms with Crippen molar-refractivity contribution in [3.05, 3.63) is 0 Å². The summed E-state index contributed by atoms with van der Waals surface area (Å²) in [4.78, 5) is 11.6. The molecule has 1 heterocycles. The predicted octanol–water partition coefficient (Wildman–Crippen LogP) is 0.289. The van der Waals surface area contributed by atoms with E-state index < -0.39 is 11.7 Å². The number of nitrogens with one attached hydrogen (secondary N) is 1. The number of ether oxygens (including phenoxy) is 3. The Morgan fingerprint density at radius 3 is 2.60 bits per heavy atom. The first-order chi connectivity index (χ1) is 6.92. The molecule has 88 valence electrons. The van der Waals surface area contributed by atoms with E-state index in [1.54, 1.807) is 7.11 Å². The minimum absolute atomic E-state index is 0.350. The predicted molar refractivity (Wildman–Crippen MR) is 54.4 cm³/mol. The molecule has 1 aliphatic heterocycles. The molecule has 0 saturated carbocycles. The van der Waals surface area contributed by atoms with E-state index in [9.17, 15) is 4.79 Å². The topological polar surface area (TPSA) is 56.8 Å². The van der Waals surface area contributed by atoms with E-state index in [1.807, 2.05) is 20.8 Å². The first-order valence-corrected chi connectivity index (χ1v) is 5.04. The van der Waals surface area contributed by atoms with Gasteiger partial charge in [0, 0.05) is 20.2 Å². The van der Waals surface area contributed by atoms with Gasteiger partial charge in [-0.15, -0.1) is 0 Å². The van der Waals surface area contributed by atoms with Crippen LogP contribution in [-0.2, 0) is 19.0 Å². The second-order valence-electron chi connectivity index (χ2n) is 4.48. The van der Waals surface area contributed by atoms with Crippen LogP contribution in [0.25, 0.3) is 0 Å². The number of esters is 1. The van der Waals surface area contributed by atoms with Crippen LogP contribution >= 0.6 is 0 Å². The molecule has 0 radical (unpaired) electrons. The Bertz CT molecular complexity index is 224. The molecular weight excluding hydrogens is 198 g/mol. The summed E-state index contributed by atoms with van der Waals surface area (Å²) in [6.45, 7) is 6.55. The summed E-state index contributed by atoms with van der Waals surface area (Å²) >= 11 is 0. The number of carbonyl (C=O) groups is 1.